The average Bonchev–Trinajstić information content (AvgIpc) is 2.72. The van der Waals surface area contributed by atoms with Crippen molar-refractivity contribution in [3.8, 4) is 18.2 Å². The Bertz CT molecular complexity index is 1030. The van der Waals surface area contributed by atoms with Crippen LogP contribution in [-0.2, 0) is 6.18 Å². The number of alkyl halides is 3. The minimum atomic E-state index is -4.62. The second-order valence-electron chi connectivity index (χ2n) is 7.79. The molecule has 1 aromatic rings. The van der Waals surface area contributed by atoms with Gasteiger partial charge in [0.05, 0.1) is 35.0 Å². The average molecular weight is 411 g/mol. The topological polar surface area (TPSA) is 101 Å². The van der Waals surface area contributed by atoms with Crippen molar-refractivity contribution in [1.29, 1.82) is 15.8 Å². The third-order valence-electron chi connectivity index (χ3n) is 6.00. The van der Waals surface area contributed by atoms with E-state index in [1.807, 2.05) is 37.0 Å². The lowest BCUT2D eigenvalue weighted by atomic mass is 9.59. The van der Waals surface area contributed by atoms with Crippen LogP contribution in [0, 0.1) is 45.3 Å². The lowest BCUT2D eigenvalue weighted by Gasteiger charge is -2.46. The molecule has 0 saturated carbocycles. The first-order valence-electron chi connectivity index (χ1n) is 9.45. The first kappa shape index (κ1) is 21.4. The molecule has 154 valence electrons. The number of nitrogens with two attached hydrogens (primary N) is 1. The van der Waals surface area contributed by atoms with E-state index in [1.54, 1.807) is 6.08 Å². The monoisotopic (exact) mass is 411 g/mol. The Morgan fingerprint density at radius 1 is 1.17 bits per heavy atom. The van der Waals surface area contributed by atoms with Crippen molar-refractivity contribution < 1.29 is 13.2 Å². The van der Waals surface area contributed by atoms with Crippen molar-refractivity contribution in [1.82, 2.24) is 4.90 Å². The Labute approximate surface area is 173 Å². The van der Waals surface area contributed by atoms with Crippen LogP contribution in [0.1, 0.15) is 30.9 Å². The van der Waals surface area contributed by atoms with Gasteiger partial charge in [0.15, 0.2) is 0 Å². The molecule has 3 rings (SSSR count). The Morgan fingerprint density at radius 2 is 1.80 bits per heavy atom. The molecule has 2 aliphatic rings. The number of rotatable bonds is 2. The van der Waals surface area contributed by atoms with Gasteiger partial charge in [-0.25, -0.2) is 0 Å². The van der Waals surface area contributed by atoms with Crippen molar-refractivity contribution in [3.05, 3.63) is 58.3 Å². The van der Waals surface area contributed by atoms with Crippen LogP contribution in [0.25, 0.3) is 0 Å². The van der Waals surface area contributed by atoms with E-state index < -0.39 is 29.0 Å². The van der Waals surface area contributed by atoms with E-state index in [1.165, 1.54) is 18.2 Å². The van der Waals surface area contributed by atoms with Crippen LogP contribution in [0.4, 0.5) is 13.2 Å². The molecule has 2 atom stereocenters. The van der Waals surface area contributed by atoms with Crippen molar-refractivity contribution in [2.45, 2.75) is 32.0 Å². The van der Waals surface area contributed by atoms with Gasteiger partial charge in [-0.2, -0.15) is 29.0 Å². The highest BCUT2D eigenvalue weighted by atomic mass is 19.4. The van der Waals surface area contributed by atoms with Gasteiger partial charge >= 0.3 is 6.18 Å². The molecule has 8 heteroatoms. The van der Waals surface area contributed by atoms with Crippen LogP contribution >= 0.6 is 0 Å². The van der Waals surface area contributed by atoms with E-state index in [-0.39, 0.29) is 22.9 Å². The van der Waals surface area contributed by atoms with Gasteiger partial charge in [0.1, 0.15) is 0 Å². The quantitative estimate of drug-likeness (QED) is 0.745. The van der Waals surface area contributed by atoms with E-state index >= 15 is 0 Å². The number of hydrogen-bond donors (Lipinski definition) is 1. The molecule has 1 aliphatic carbocycles. The van der Waals surface area contributed by atoms with Crippen LogP contribution in [0.2, 0.25) is 0 Å². The number of allylic oxidation sites excluding steroid dienone is 2. The molecule has 0 amide bonds. The minimum Gasteiger partial charge on any atom is -0.399 e. The summed E-state index contributed by atoms with van der Waals surface area (Å²) in [7, 11) is 0. The molecule has 1 aromatic carbocycles. The second kappa shape index (κ2) is 7.52. The molecular weight excluding hydrogens is 391 g/mol. The van der Waals surface area contributed by atoms with E-state index in [4.69, 9.17) is 5.73 Å². The molecule has 0 aromatic heterocycles. The Kier molecular flexibility index (Phi) is 5.37. The summed E-state index contributed by atoms with van der Waals surface area (Å²) in [5, 5.41) is 29.6. The zero-order valence-corrected chi connectivity index (χ0v) is 16.5. The number of nitrogens with zero attached hydrogens (tertiary/aromatic N) is 4. The number of nitriles is 3. The normalized spacial score (nSPS) is 23.8. The minimum absolute atomic E-state index is 0.0736. The van der Waals surface area contributed by atoms with E-state index in [9.17, 15) is 29.0 Å². The molecule has 0 radical (unpaired) electrons. The molecular formula is C22H20F3N5. The first-order chi connectivity index (χ1) is 14.1. The molecule has 30 heavy (non-hydrogen) atoms. The summed E-state index contributed by atoms with van der Waals surface area (Å²) in [5.41, 5.74) is 3.32. The Hall–Kier alpha value is -3.28. The highest BCUT2D eigenvalue weighted by molar-refractivity contribution is 5.59. The smallest absolute Gasteiger partial charge is 0.399 e. The summed E-state index contributed by atoms with van der Waals surface area (Å²) >= 11 is 0. The van der Waals surface area contributed by atoms with Crippen LogP contribution in [0.3, 0.4) is 0 Å². The molecule has 0 saturated heterocycles. The fourth-order valence-electron chi connectivity index (χ4n) is 4.46. The van der Waals surface area contributed by atoms with Gasteiger partial charge in [-0.15, -0.1) is 0 Å². The Balaban J connectivity index is 2.36. The predicted octanol–water partition coefficient (Wildman–Crippen LogP) is 3.84. The highest BCUT2D eigenvalue weighted by Gasteiger charge is 2.53. The number of hydrogen-bond acceptors (Lipinski definition) is 5. The molecule has 5 nitrogen and oxygen atoms in total. The summed E-state index contributed by atoms with van der Waals surface area (Å²) in [6, 6.07) is 11.0. The summed E-state index contributed by atoms with van der Waals surface area (Å²) in [6.45, 7) is 4.66. The molecule has 0 unspecified atom stereocenters. The lowest BCUT2D eigenvalue weighted by molar-refractivity contribution is -0.138. The van der Waals surface area contributed by atoms with E-state index in [2.05, 4.69) is 0 Å². The molecule has 1 heterocycles. The van der Waals surface area contributed by atoms with E-state index in [0.29, 0.717) is 18.7 Å². The molecule has 2 N–H and O–H groups in total. The third-order valence-corrected chi connectivity index (χ3v) is 6.00. The zero-order valence-electron chi connectivity index (χ0n) is 16.5. The Morgan fingerprint density at radius 3 is 2.33 bits per heavy atom. The second-order valence-corrected chi connectivity index (χ2v) is 7.79. The van der Waals surface area contributed by atoms with Crippen LogP contribution in [-0.4, -0.2) is 24.0 Å². The lowest BCUT2D eigenvalue weighted by Crippen LogP contribution is -2.49. The van der Waals surface area contributed by atoms with Gasteiger partial charge in [-0.3, -0.25) is 4.90 Å². The van der Waals surface area contributed by atoms with Crippen molar-refractivity contribution in [2.24, 2.45) is 17.1 Å². The molecule has 0 spiro atoms. The zero-order chi connectivity index (χ0) is 22.3. The first-order valence-corrected chi connectivity index (χ1v) is 9.45. The van der Waals surface area contributed by atoms with Gasteiger partial charge in [-0.1, -0.05) is 24.3 Å². The van der Waals surface area contributed by atoms with Gasteiger partial charge in [0.25, 0.3) is 0 Å². The van der Waals surface area contributed by atoms with Crippen molar-refractivity contribution in [2.75, 3.05) is 13.1 Å². The van der Waals surface area contributed by atoms with Crippen molar-refractivity contribution >= 4 is 0 Å². The van der Waals surface area contributed by atoms with Crippen molar-refractivity contribution in [3.63, 3.8) is 0 Å². The SMILES string of the molecule is CC(C)N1CC=C2[C@H](C1)[C@H](c1ccccc1C(F)(F)F)C(C#N)=C(N)C2(C#N)C#N. The van der Waals surface area contributed by atoms with Gasteiger partial charge in [0, 0.05) is 31.0 Å². The van der Waals surface area contributed by atoms with Crippen LogP contribution in [0.5, 0.6) is 0 Å². The maximum Gasteiger partial charge on any atom is 0.416 e. The van der Waals surface area contributed by atoms with Crippen LogP contribution < -0.4 is 5.73 Å². The number of benzene rings is 1. The van der Waals surface area contributed by atoms with Gasteiger partial charge in [-0.05, 0) is 31.1 Å². The third kappa shape index (κ3) is 3.12. The fourth-order valence-corrected chi connectivity index (χ4v) is 4.46. The predicted molar refractivity (Wildman–Crippen MR) is 103 cm³/mol. The summed E-state index contributed by atoms with van der Waals surface area (Å²) in [4.78, 5) is 2.04. The maximum absolute atomic E-state index is 13.8. The standard InChI is InChI=1S/C22H20F3N5/c1-13(2)30-8-7-17-16(10-30)19(14-5-3-4-6-18(14)22(23,24)25)15(9-26)20(29)21(17,11-27)12-28/h3-7,13,16,19H,8,10,29H2,1-2H3/t16-,19+/m0/s1. The van der Waals surface area contributed by atoms with Gasteiger partial charge in [0.2, 0.25) is 5.41 Å². The fraction of sp³-hybridized carbons (Fsp3) is 0.409. The van der Waals surface area contributed by atoms with Gasteiger partial charge < -0.3 is 5.73 Å². The molecule has 0 bridgehead atoms. The summed E-state index contributed by atoms with van der Waals surface area (Å²) in [6.07, 6.45) is -2.91. The molecule has 0 fully saturated rings. The number of halogens is 3. The summed E-state index contributed by atoms with van der Waals surface area (Å²) < 4.78 is 41.4. The molecule has 1 aliphatic heterocycles. The number of fused-ring (bicyclic) bond motifs is 1. The summed E-state index contributed by atoms with van der Waals surface area (Å²) in [5.74, 6) is -1.67. The largest absolute Gasteiger partial charge is 0.416 e. The highest BCUT2D eigenvalue weighted by Crippen LogP contribution is 2.54. The van der Waals surface area contributed by atoms with E-state index in [0.717, 1.165) is 6.07 Å². The van der Waals surface area contributed by atoms with Crippen LogP contribution in [0.15, 0.2) is 47.2 Å². The maximum atomic E-state index is 13.8.